The SMILES string of the molecule is CS(=O)(=O)CCOc1ccc(Cl)cc1NC(=O)C1CCCC(N)C1. The summed E-state index contributed by atoms with van der Waals surface area (Å²) >= 11 is 5.99. The summed E-state index contributed by atoms with van der Waals surface area (Å²) in [4.78, 5) is 12.4. The van der Waals surface area contributed by atoms with Gasteiger partial charge in [0.05, 0.1) is 11.4 Å². The molecule has 1 aromatic rings. The van der Waals surface area contributed by atoms with Crippen molar-refractivity contribution in [1.29, 1.82) is 0 Å². The fraction of sp³-hybridized carbons (Fsp3) is 0.562. The highest BCUT2D eigenvalue weighted by atomic mass is 35.5. The van der Waals surface area contributed by atoms with Gasteiger partial charge in [-0.3, -0.25) is 4.79 Å². The number of halogens is 1. The average molecular weight is 375 g/mol. The third-order valence-corrected chi connectivity index (χ3v) is 5.14. The zero-order valence-corrected chi connectivity index (χ0v) is 15.2. The minimum absolute atomic E-state index is 0.0115. The van der Waals surface area contributed by atoms with Crippen LogP contribution in [0.2, 0.25) is 5.02 Å². The van der Waals surface area contributed by atoms with Crippen LogP contribution in [0.25, 0.3) is 0 Å². The second kappa shape index (κ2) is 8.18. The van der Waals surface area contributed by atoms with Crippen molar-refractivity contribution in [2.45, 2.75) is 31.7 Å². The molecule has 1 saturated carbocycles. The Morgan fingerprint density at radius 2 is 2.17 bits per heavy atom. The van der Waals surface area contributed by atoms with Crippen LogP contribution in [0.1, 0.15) is 25.7 Å². The quantitative estimate of drug-likeness (QED) is 0.795. The highest BCUT2D eigenvalue weighted by molar-refractivity contribution is 7.90. The number of amides is 1. The summed E-state index contributed by atoms with van der Waals surface area (Å²) in [5.41, 5.74) is 6.38. The average Bonchev–Trinajstić information content (AvgIpc) is 2.48. The third-order valence-electron chi connectivity index (χ3n) is 4.00. The number of sulfone groups is 1. The molecule has 0 aromatic heterocycles. The molecule has 1 fully saturated rings. The lowest BCUT2D eigenvalue weighted by Crippen LogP contribution is -2.34. The number of benzene rings is 1. The summed E-state index contributed by atoms with van der Waals surface area (Å²) in [7, 11) is -3.11. The van der Waals surface area contributed by atoms with Crippen LogP contribution in [0, 0.1) is 5.92 Å². The Hall–Kier alpha value is -1.31. The third kappa shape index (κ3) is 5.96. The number of anilines is 1. The van der Waals surface area contributed by atoms with E-state index in [4.69, 9.17) is 22.1 Å². The second-order valence-electron chi connectivity index (χ2n) is 6.23. The molecular weight excluding hydrogens is 352 g/mol. The first-order chi connectivity index (χ1) is 11.2. The van der Waals surface area contributed by atoms with Crippen LogP contribution in [-0.2, 0) is 14.6 Å². The summed E-state index contributed by atoms with van der Waals surface area (Å²) in [5, 5.41) is 3.30. The van der Waals surface area contributed by atoms with Crippen molar-refractivity contribution in [3.8, 4) is 5.75 Å². The zero-order chi connectivity index (χ0) is 17.7. The maximum Gasteiger partial charge on any atom is 0.227 e. The monoisotopic (exact) mass is 374 g/mol. The molecule has 1 aliphatic rings. The molecule has 1 amide bonds. The predicted molar refractivity (Wildman–Crippen MR) is 95.2 cm³/mol. The highest BCUT2D eigenvalue weighted by Gasteiger charge is 2.26. The molecule has 24 heavy (non-hydrogen) atoms. The standard InChI is InChI=1S/C16H23ClN2O4S/c1-24(21,22)8-7-23-15-6-5-12(17)10-14(15)19-16(20)11-3-2-4-13(18)9-11/h5-6,10-11,13H,2-4,7-9,18H2,1H3,(H,19,20). The van der Waals surface area contributed by atoms with E-state index >= 15 is 0 Å². The maximum absolute atomic E-state index is 12.4. The number of rotatable bonds is 6. The number of nitrogens with two attached hydrogens (primary N) is 1. The molecule has 1 aromatic carbocycles. The minimum atomic E-state index is -3.11. The lowest BCUT2D eigenvalue weighted by atomic mass is 9.85. The summed E-state index contributed by atoms with van der Waals surface area (Å²) in [6.07, 6.45) is 4.50. The first-order valence-electron chi connectivity index (χ1n) is 7.91. The lowest BCUT2D eigenvalue weighted by Gasteiger charge is -2.26. The van der Waals surface area contributed by atoms with E-state index in [1.807, 2.05) is 0 Å². The smallest absolute Gasteiger partial charge is 0.227 e. The van der Waals surface area contributed by atoms with Gasteiger partial charge in [-0.15, -0.1) is 0 Å². The first-order valence-corrected chi connectivity index (χ1v) is 10.3. The van der Waals surface area contributed by atoms with Crippen molar-refractivity contribution in [2.75, 3.05) is 23.9 Å². The van der Waals surface area contributed by atoms with Crippen molar-refractivity contribution in [1.82, 2.24) is 0 Å². The molecule has 2 unspecified atom stereocenters. The molecule has 0 spiro atoms. The molecule has 1 aliphatic carbocycles. The van der Waals surface area contributed by atoms with E-state index in [1.54, 1.807) is 18.2 Å². The fourth-order valence-electron chi connectivity index (χ4n) is 2.73. The van der Waals surface area contributed by atoms with Gasteiger partial charge in [-0.1, -0.05) is 18.0 Å². The Morgan fingerprint density at radius 3 is 2.83 bits per heavy atom. The number of nitrogens with one attached hydrogen (secondary N) is 1. The van der Waals surface area contributed by atoms with Gasteiger partial charge in [-0.05, 0) is 37.5 Å². The van der Waals surface area contributed by atoms with E-state index in [0.717, 1.165) is 25.5 Å². The van der Waals surface area contributed by atoms with Gasteiger partial charge < -0.3 is 15.8 Å². The second-order valence-corrected chi connectivity index (χ2v) is 8.93. The lowest BCUT2D eigenvalue weighted by molar-refractivity contribution is -0.120. The predicted octanol–water partition coefficient (Wildman–Crippen LogP) is 2.22. The van der Waals surface area contributed by atoms with Crippen molar-refractivity contribution in [3.05, 3.63) is 23.2 Å². The Balaban J connectivity index is 2.05. The number of ether oxygens (including phenoxy) is 1. The Labute approximate surface area is 147 Å². The van der Waals surface area contributed by atoms with E-state index in [2.05, 4.69) is 5.32 Å². The van der Waals surface area contributed by atoms with Gasteiger partial charge in [-0.25, -0.2) is 8.42 Å². The molecule has 2 atom stereocenters. The summed E-state index contributed by atoms with van der Waals surface area (Å²) < 4.78 is 27.9. The molecule has 6 nitrogen and oxygen atoms in total. The molecule has 2 rings (SSSR count). The van der Waals surface area contributed by atoms with E-state index in [1.165, 1.54) is 0 Å². The van der Waals surface area contributed by atoms with Gasteiger partial charge in [0.2, 0.25) is 5.91 Å². The molecule has 0 saturated heterocycles. The summed E-state index contributed by atoms with van der Waals surface area (Å²) in [6, 6.07) is 4.90. The van der Waals surface area contributed by atoms with Crippen LogP contribution in [-0.4, -0.2) is 39.0 Å². The van der Waals surface area contributed by atoms with Gasteiger partial charge >= 0.3 is 0 Å². The molecular formula is C16H23ClN2O4S. The van der Waals surface area contributed by atoms with E-state index in [-0.39, 0.29) is 30.2 Å². The van der Waals surface area contributed by atoms with E-state index in [9.17, 15) is 13.2 Å². The molecule has 3 N–H and O–H groups in total. The highest BCUT2D eigenvalue weighted by Crippen LogP contribution is 2.30. The van der Waals surface area contributed by atoms with Crippen LogP contribution in [0.3, 0.4) is 0 Å². The van der Waals surface area contributed by atoms with Crippen LogP contribution in [0.4, 0.5) is 5.69 Å². The van der Waals surface area contributed by atoms with Crippen LogP contribution >= 0.6 is 11.6 Å². The van der Waals surface area contributed by atoms with Gasteiger partial charge in [-0.2, -0.15) is 0 Å². The van der Waals surface area contributed by atoms with Crippen molar-refractivity contribution >= 4 is 33.0 Å². The number of carbonyl (C=O) groups excluding carboxylic acids is 1. The van der Waals surface area contributed by atoms with Crippen molar-refractivity contribution < 1.29 is 17.9 Å². The summed E-state index contributed by atoms with van der Waals surface area (Å²) in [6.45, 7) is 0.0115. The fourth-order valence-corrected chi connectivity index (χ4v) is 3.29. The molecule has 8 heteroatoms. The van der Waals surface area contributed by atoms with Crippen LogP contribution in [0.15, 0.2) is 18.2 Å². The first kappa shape index (κ1) is 19.0. The largest absolute Gasteiger partial charge is 0.490 e. The Morgan fingerprint density at radius 1 is 1.42 bits per heavy atom. The molecule has 0 bridgehead atoms. The number of carbonyl (C=O) groups is 1. The van der Waals surface area contributed by atoms with E-state index < -0.39 is 9.84 Å². The minimum Gasteiger partial charge on any atom is -0.490 e. The van der Waals surface area contributed by atoms with Gasteiger partial charge in [0.1, 0.15) is 12.4 Å². The molecule has 0 aliphatic heterocycles. The van der Waals surface area contributed by atoms with Crippen molar-refractivity contribution in [2.24, 2.45) is 11.7 Å². The maximum atomic E-state index is 12.4. The van der Waals surface area contributed by atoms with E-state index in [0.29, 0.717) is 22.9 Å². The molecule has 0 radical (unpaired) electrons. The Kier molecular flexibility index (Phi) is 6.48. The van der Waals surface area contributed by atoms with Crippen LogP contribution in [0.5, 0.6) is 5.75 Å². The van der Waals surface area contributed by atoms with Gasteiger partial charge in [0, 0.05) is 23.2 Å². The topological polar surface area (TPSA) is 98.5 Å². The summed E-state index contributed by atoms with van der Waals surface area (Å²) in [5.74, 6) is 0.0639. The number of hydrogen-bond acceptors (Lipinski definition) is 5. The van der Waals surface area contributed by atoms with Crippen molar-refractivity contribution in [3.63, 3.8) is 0 Å². The van der Waals surface area contributed by atoms with Gasteiger partial charge in [0.25, 0.3) is 0 Å². The molecule has 0 heterocycles. The normalized spacial score (nSPS) is 21.3. The molecule has 134 valence electrons. The van der Waals surface area contributed by atoms with Gasteiger partial charge in [0.15, 0.2) is 9.84 Å². The zero-order valence-electron chi connectivity index (χ0n) is 13.6. The van der Waals surface area contributed by atoms with Crippen LogP contribution < -0.4 is 15.8 Å². The number of hydrogen-bond donors (Lipinski definition) is 2. The Bertz CT molecular complexity index is 693.